The summed E-state index contributed by atoms with van der Waals surface area (Å²) >= 11 is 0. The van der Waals surface area contributed by atoms with Crippen LogP contribution in [0.3, 0.4) is 0 Å². The van der Waals surface area contributed by atoms with Crippen LogP contribution in [0.15, 0.2) is 0 Å². The minimum absolute atomic E-state index is 0.758. The predicted octanol–water partition coefficient (Wildman–Crippen LogP) is 1.33. The molecule has 1 fully saturated rings. The number of hydrazine groups is 1. The lowest BCUT2D eigenvalue weighted by Gasteiger charge is -2.08. The number of nitrogens with two attached hydrogens (primary N) is 1. The maximum Gasteiger partial charge on any atom is 0.146 e. The lowest BCUT2D eigenvalue weighted by molar-refractivity contribution is 0.761. The molecule has 0 radical (unpaired) electrons. The Hall–Kier alpha value is -1.16. The minimum atomic E-state index is 0.758. The molecule has 0 atom stereocenters. The Morgan fingerprint density at radius 1 is 1.36 bits per heavy atom. The Bertz CT molecular complexity index is 344. The third-order valence-electron chi connectivity index (χ3n) is 2.74. The van der Waals surface area contributed by atoms with Crippen LogP contribution in [0.2, 0.25) is 0 Å². The van der Waals surface area contributed by atoms with Crippen LogP contribution in [0.4, 0.5) is 5.82 Å². The number of nitrogen functional groups attached to an aromatic ring is 1. The molecule has 2 rings (SSSR count). The van der Waals surface area contributed by atoms with E-state index in [4.69, 9.17) is 5.84 Å². The summed E-state index contributed by atoms with van der Waals surface area (Å²) in [5, 5.41) is 0. The molecular weight excluding hydrogens is 176 g/mol. The molecule has 0 aromatic carbocycles. The van der Waals surface area contributed by atoms with Gasteiger partial charge in [0, 0.05) is 17.7 Å². The zero-order valence-electron chi connectivity index (χ0n) is 8.67. The Kier molecular flexibility index (Phi) is 2.37. The number of aromatic nitrogens is 2. The quantitative estimate of drug-likeness (QED) is 0.560. The topological polar surface area (TPSA) is 63.8 Å². The Labute approximate surface area is 83.9 Å². The SMILES string of the molecule is Cc1nc(CC2CC2)nc(NN)c1C. The molecule has 4 heteroatoms. The summed E-state index contributed by atoms with van der Waals surface area (Å²) < 4.78 is 0. The summed E-state index contributed by atoms with van der Waals surface area (Å²) in [7, 11) is 0. The smallest absolute Gasteiger partial charge is 0.146 e. The molecule has 1 aromatic rings. The van der Waals surface area contributed by atoms with E-state index in [-0.39, 0.29) is 0 Å². The van der Waals surface area contributed by atoms with E-state index in [2.05, 4.69) is 15.4 Å². The summed E-state index contributed by atoms with van der Waals surface area (Å²) in [6.45, 7) is 3.97. The van der Waals surface area contributed by atoms with E-state index in [0.29, 0.717) is 0 Å². The molecule has 0 amide bonds. The number of nitrogens with one attached hydrogen (secondary N) is 1. The fraction of sp³-hybridized carbons (Fsp3) is 0.600. The van der Waals surface area contributed by atoms with Crippen molar-refractivity contribution in [3.63, 3.8) is 0 Å². The predicted molar refractivity (Wildman–Crippen MR) is 55.7 cm³/mol. The molecule has 1 heterocycles. The van der Waals surface area contributed by atoms with E-state index < -0.39 is 0 Å². The fourth-order valence-corrected chi connectivity index (χ4v) is 1.50. The first-order valence-electron chi connectivity index (χ1n) is 5.01. The molecular formula is C10H16N4. The summed E-state index contributed by atoms with van der Waals surface area (Å²) in [5.74, 6) is 7.88. The summed E-state index contributed by atoms with van der Waals surface area (Å²) in [5.41, 5.74) is 4.67. The molecule has 4 nitrogen and oxygen atoms in total. The van der Waals surface area contributed by atoms with Crippen molar-refractivity contribution in [3.05, 3.63) is 17.1 Å². The van der Waals surface area contributed by atoms with Crippen LogP contribution >= 0.6 is 0 Å². The van der Waals surface area contributed by atoms with E-state index in [1.54, 1.807) is 0 Å². The first kappa shape index (κ1) is 9.40. The number of aryl methyl sites for hydroxylation is 1. The molecule has 1 aromatic heterocycles. The van der Waals surface area contributed by atoms with E-state index in [9.17, 15) is 0 Å². The van der Waals surface area contributed by atoms with Crippen LogP contribution in [0, 0.1) is 19.8 Å². The molecule has 0 bridgehead atoms. The molecule has 0 spiro atoms. The summed E-state index contributed by atoms with van der Waals surface area (Å²) in [4.78, 5) is 8.84. The monoisotopic (exact) mass is 192 g/mol. The van der Waals surface area contributed by atoms with Gasteiger partial charge < -0.3 is 5.43 Å². The standard InChI is InChI=1S/C10H16N4/c1-6-7(2)12-9(5-8-3-4-8)13-10(6)14-11/h8H,3-5,11H2,1-2H3,(H,12,13,14). The van der Waals surface area contributed by atoms with E-state index in [1.165, 1.54) is 12.8 Å². The van der Waals surface area contributed by atoms with Crippen LogP contribution in [0.25, 0.3) is 0 Å². The highest BCUT2D eigenvalue weighted by molar-refractivity contribution is 5.44. The van der Waals surface area contributed by atoms with Crippen LogP contribution in [0.1, 0.15) is 29.9 Å². The molecule has 76 valence electrons. The van der Waals surface area contributed by atoms with Gasteiger partial charge in [-0.3, -0.25) is 0 Å². The van der Waals surface area contributed by atoms with E-state index in [1.807, 2.05) is 13.8 Å². The third-order valence-corrected chi connectivity index (χ3v) is 2.74. The summed E-state index contributed by atoms with van der Waals surface area (Å²) in [6.07, 6.45) is 3.64. The Morgan fingerprint density at radius 3 is 2.64 bits per heavy atom. The van der Waals surface area contributed by atoms with Crippen molar-refractivity contribution >= 4 is 5.82 Å². The second-order valence-electron chi connectivity index (χ2n) is 3.99. The van der Waals surface area contributed by atoms with Gasteiger partial charge in [-0.15, -0.1) is 0 Å². The zero-order valence-corrected chi connectivity index (χ0v) is 8.67. The first-order valence-corrected chi connectivity index (χ1v) is 5.01. The van der Waals surface area contributed by atoms with Crippen LogP contribution in [0.5, 0.6) is 0 Å². The van der Waals surface area contributed by atoms with Crippen molar-refractivity contribution in [1.82, 2.24) is 9.97 Å². The number of hydrogen-bond donors (Lipinski definition) is 2. The Balaban J connectivity index is 2.27. The number of hydrogen-bond acceptors (Lipinski definition) is 4. The minimum Gasteiger partial charge on any atom is -0.308 e. The molecule has 3 N–H and O–H groups in total. The maximum absolute atomic E-state index is 5.39. The molecule has 0 aliphatic heterocycles. The Morgan fingerprint density at radius 2 is 2.07 bits per heavy atom. The highest BCUT2D eigenvalue weighted by Crippen LogP contribution is 2.32. The molecule has 14 heavy (non-hydrogen) atoms. The van der Waals surface area contributed by atoms with Crippen molar-refractivity contribution < 1.29 is 0 Å². The molecule has 0 saturated heterocycles. The van der Waals surface area contributed by atoms with E-state index >= 15 is 0 Å². The highest BCUT2D eigenvalue weighted by atomic mass is 15.3. The van der Waals surface area contributed by atoms with Gasteiger partial charge in [-0.25, -0.2) is 15.8 Å². The van der Waals surface area contributed by atoms with Crippen LogP contribution in [-0.2, 0) is 6.42 Å². The largest absolute Gasteiger partial charge is 0.308 e. The average Bonchev–Trinajstić information content (AvgIpc) is 2.95. The molecule has 1 aliphatic rings. The zero-order chi connectivity index (χ0) is 10.1. The second kappa shape index (κ2) is 3.53. The summed E-state index contributed by atoms with van der Waals surface area (Å²) in [6, 6.07) is 0. The van der Waals surface area contributed by atoms with Crippen molar-refractivity contribution in [2.75, 3.05) is 5.43 Å². The van der Waals surface area contributed by atoms with Gasteiger partial charge in [-0.2, -0.15) is 0 Å². The number of anilines is 1. The second-order valence-corrected chi connectivity index (χ2v) is 3.99. The van der Waals surface area contributed by atoms with Gasteiger partial charge in [0.25, 0.3) is 0 Å². The van der Waals surface area contributed by atoms with Crippen molar-refractivity contribution in [1.29, 1.82) is 0 Å². The first-order chi connectivity index (χ1) is 6.70. The van der Waals surface area contributed by atoms with Crippen LogP contribution < -0.4 is 11.3 Å². The van der Waals surface area contributed by atoms with Crippen molar-refractivity contribution in [2.45, 2.75) is 33.1 Å². The number of rotatable bonds is 3. The van der Waals surface area contributed by atoms with Gasteiger partial charge in [0.15, 0.2) is 0 Å². The van der Waals surface area contributed by atoms with Gasteiger partial charge >= 0.3 is 0 Å². The molecule has 1 aliphatic carbocycles. The average molecular weight is 192 g/mol. The lowest BCUT2D eigenvalue weighted by Crippen LogP contribution is -2.13. The molecule has 1 saturated carbocycles. The van der Waals surface area contributed by atoms with E-state index in [0.717, 1.165) is 35.2 Å². The van der Waals surface area contributed by atoms with Gasteiger partial charge in [0.2, 0.25) is 0 Å². The van der Waals surface area contributed by atoms with Crippen molar-refractivity contribution in [3.8, 4) is 0 Å². The van der Waals surface area contributed by atoms with Crippen molar-refractivity contribution in [2.24, 2.45) is 11.8 Å². The normalized spacial score (nSPS) is 15.6. The third kappa shape index (κ3) is 1.85. The maximum atomic E-state index is 5.39. The van der Waals surface area contributed by atoms with Gasteiger partial charge in [-0.1, -0.05) is 0 Å². The van der Waals surface area contributed by atoms with Gasteiger partial charge in [0.05, 0.1) is 0 Å². The van der Waals surface area contributed by atoms with Crippen LogP contribution in [-0.4, -0.2) is 9.97 Å². The number of nitrogens with zero attached hydrogens (tertiary/aromatic N) is 2. The fourth-order valence-electron chi connectivity index (χ4n) is 1.50. The molecule has 0 unspecified atom stereocenters. The van der Waals surface area contributed by atoms with Gasteiger partial charge in [0.1, 0.15) is 11.6 Å². The highest BCUT2D eigenvalue weighted by Gasteiger charge is 2.23. The lowest BCUT2D eigenvalue weighted by atomic mass is 10.2. The van der Waals surface area contributed by atoms with Gasteiger partial charge in [-0.05, 0) is 32.6 Å².